The van der Waals surface area contributed by atoms with E-state index in [1.54, 1.807) is 9.58 Å². The van der Waals surface area contributed by atoms with Gasteiger partial charge in [0.25, 0.3) is 0 Å². The van der Waals surface area contributed by atoms with Gasteiger partial charge in [0, 0.05) is 44.0 Å². The lowest BCUT2D eigenvalue weighted by Gasteiger charge is -2.30. The van der Waals surface area contributed by atoms with Gasteiger partial charge < -0.3 is 15.1 Å². The lowest BCUT2D eigenvalue weighted by atomic mass is 10.1. The number of alkyl halides is 3. The molecule has 0 bridgehead atoms. The molecule has 1 aromatic heterocycles. The predicted molar refractivity (Wildman–Crippen MR) is 129 cm³/mol. The molecule has 34 heavy (non-hydrogen) atoms. The molecule has 0 saturated carbocycles. The van der Waals surface area contributed by atoms with Crippen LogP contribution in [0.4, 0.5) is 29.5 Å². The number of hydrogen-bond acceptors (Lipinski definition) is 3. The number of amides is 2. The lowest BCUT2D eigenvalue weighted by molar-refractivity contribution is -0.137. The molecule has 3 aromatic rings. The van der Waals surface area contributed by atoms with Gasteiger partial charge in [0.05, 0.1) is 17.8 Å². The van der Waals surface area contributed by atoms with Crippen molar-refractivity contribution in [1.29, 1.82) is 0 Å². The summed E-state index contributed by atoms with van der Waals surface area (Å²) in [5.41, 5.74) is 2.15. The molecule has 0 aliphatic rings. The number of halogens is 3. The second kappa shape index (κ2) is 10.2. The third kappa shape index (κ3) is 5.52. The summed E-state index contributed by atoms with van der Waals surface area (Å²) >= 11 is 0. The molecule has 0 aliphatic heterocycles. The zero-order chi connectivity index (χ0) is 25.0. The molecular formula is C25H30F3N5O. The Labute approximate surface area is 198 Å². The summed E-state index contributed by atoms with van der Waals surface area (Å²) in [7, 11) is 5.71. The van der Waals surface area contributed by atoms with E-state index in [0.29, 0.717) is 12.1 Å². The maximum absolute atomic E-state index is 13.3. The fraction of sp³-hybridized carbons (Fsp3) is 0.360. The third-order valence-electron chi connectivity index (χ3n) is 5.76. The van der Waals surface area contributed by atoms with Gasteiger partial charge in [-0.25, -0.2) is 4.79 Å². The van der Waals surface area contributed by atoms with E-state index < -0.39 is 11.7 Å². The van der Waals surface area contributed by atoms with Gasteiger partial charge in [-0.05, 0) is 37.6 Å². The van der Waals surface area contributed by atoms with Crippen LogP contribution in [0.5, 0.6) is 0 Å². The largest absolute Gasteiger partial charge is 0.416 e. The second-order valence-electron chi connectivity index (χ2n) is 8.43. The topological polar surface area (TPSA) is 53.4 Å². The molecule has 0 aliphatic carbocycles. The Morgan fingerprint density at radius 3 is 2.24 bits per heavy atom. The summed E-state index contributed by atoms with van der Waals surface area (Å²) < 4.78 is 40.4. The van der Waals surface area contributed by atoms with Gasteiger partial charge >= 0.3 is 12.2 Å². The van der Waals surface area contributed by atoms with Crippen LogP contribution < -0.4 is 10.2 Å². The van der Waals surface area contributed by atoms with Gasteiger partial charge in [0.2, 0.25) is 0 Å². The van der Waals surface area contributed by atoms with E-state index in [1.807, 2.05) is 70.2 Å². The van der Waals surface area contributed by atoms with Crippen LogP contribution in [0.3, 0.4) is 0 Å². The van der Waals surface area contributed by atoms with Crippen molar-refractivity contribution in [3.8, 4) is 11.3 Å². The van der Waals surface area contributed by atoms with Crippen molar-refractivity contribution in [3.05, 3.63) is 65.7 Å². The quantitative estimate of drug-likeness (QED) is 0.458. The minimum Gasteiger partial charge on any atom is -0.363 e. The van der Waals surface area contributed by atoms with E-state index in [9.17, 15) is 18.0 Å². The maximum Gasteiger partial charge on any atom is 0.416 e. The summed E-state index contributed by atoms with van der Waals surface area (Å²) in [6, 6.07) is 13.7. The first-order valence-electron chi connectivity index (χ1n) is 11.1. The number of nitrogens with one attached hydrogen (secondary N) is 1. The Morgan fingerprint density at radius 1 is 1.09 bits per heavy atom. The van der Waals surface area contributed by atoms with Crippen molar-refractivity contribution in [2.24, 2.45) is 7.05 Å². The van der Waals surface area contributed by atoms with Crippen molar-refractivity contribution in [2.45, 2.75) is 39.0 Å². The molecule has 6 nitrogen and oxygen atoms in total. The molecule has 1 heterocycles. The molecule has 0 saturated heterocycles. The molecular weight excluding hydrogens is 443 g/mol. The number of benzene rings is 2. The van der Waals surface area contributed by atoms with Crippen LogP contribution in [0.25, 0.3) is 11.3 Å². The van der Waals surface area contributed by atoms with E-state index in [-0.39, 0.29) is 18.6 Å². The third-order valence-corrected chi connectivity index (χ3v) is 5.76. The number of carbonyl (C=O) groups excluding carboxylic acids is 1. The normalized spacial score (nSPS) is 12.4. The highest BCUT2D eigenvalue weighted by Gasteiger charge is 2.30. The van der Waals surface area contributed by atoms with Crippen LogP contribution in [0.1, 0.15) is 31.4 Å². The highest BCUT2D eigenvalue weighted by molar-refractivity contribution is 5.90. The van der Waals surface area contributed by atoms with Crippen LogP contribution in [0.15, 0.2) is 54.6 Å². The van der Waals surface area contributed by atoms with Crippen molar-refractivity contribution in [2.75, 3.05) is 24.3 Å². The van der Waals surface area contributed by atoms with Crippen molar-refractivity contribution in [3.63, 3.8) is 0 Å². The molecule has 1 N–H and O–H groups in total. The summed E-state index contributed by atoms with van der Waals surface area (Å²) in [4.78, 5) is 16.9. The number of rotatable bonds is 7. The summed E-state index contributed by atoms with van der Waals surface area (Å²) in [6.45, 7) is 4.21. The van der Waals surface area contributed by atoms with Crippen molar-refractivity contribution >= 4 is 17.5 Å². The Morgan fingerprint density at radius 2 is 1.71 bits per heavy atom. The van der Waals surface area contributed by atoms with Gasteiger partial charge in [-0.3, -0.25) is 4.68 Å². The Hall–Kier alpha value is -3.49. The summed E-state index contributed by atoms with van der Waals surface area (Å²) in [6.07, 6.45) is -3.72. The minimum atomic E-state index is -4.43. The maximum atomic E-state index is 13.3. The number of anilines is 2. The van der Waals surface area contributed by atoms with Crippen LogP contribution >= 0.6 is 0 Å². The minimum absolute atomic E-state index is 0.117. The Balaban J connectivity index is 1.95. The highest BCUT2D eigenvalue weighted by Crippen LogP contribution is 2.33. The molecule has 2 aromatic carbocycles. The van der Waals surface area contributed by atoms with Crippen LogP contribution in [-0.4, -0.2) is 40.8 Å². The molecule has 182 valence electrons. The van der Waals surface area contributed by atoms with E-state index in [2.05, 4.69) is 5.32 Å². The molecule has 1 atom stereocenters. The van der Waals surface area contributed by atoms with E-state index in [0.717, 1.165) is 34.8 Å². The Kier molecular flexibility index (Phi) is 7.54. The van der Waals surface area contributed by atoms with Crippen molar-refractivity contribution < 1.29 is 18.0 Å². The predicted octanol–water partition coefficient (Wildman–Crippen LogP) is 6.00. The number of aryl methyl sites for hydroxylation is 1. The average molecular weight is 474 g/mol. The fourth-order valence-electron chi connectivity index (χ4n) is 3.85. The van der Waals surface area contributed by atoms with Crippen molar-refractivity contribution in [1.82, 2.24) is 14.7 Å². The van der Waals surface area contributed by atoms with Crippen LogP contribution in [0, 0.1) is 0 Å². The first kappa shape index (κ1) is 25.1. The summed E-state index contributed by atoms with van der Waals surface area (Å²) in [5, 5.41) is 7.48. The summed E-state index contributed by atoms with van der Waals surface area (Å²) in [5.74, 6) is 0.870. The van der Waals surface area contributed by atoms with Gasteiger partial charge in [0.15, 0.2) is 0 Å². The number of carbonyl (C=O) groups is 1. The molecule has 2 amide bonds. The number of hydrogen-bond donors (Lipinski definition) is 1. The molecule has 0 spiro atoms. The second-order valence-corrected chi connectivity index (χ2v) is 8.43. The van der Waals surface area contributed by atoms with Crippen LogP contribution in [0.2, 0.25) is 0 Å². The van der Waals surface area contributed by atoms with Gasteiger partial charge in [-0.2, -0.15) is 18.3 Å². The average Bonchev–Trinajstić information content (AvgIpc) is 3.13. The first-order valence-corrected chi connectivity index (χ1v) is 11.1. The van der Waals surface area contributed by atoms with E-state index >= 15 is 0 Å². The zero-order valence-electron chi connectivity index (χ0n) is 20.0. The first-order chi connectivity index (χ1) is 16.0. The van der Waals surface area contributed by atoms with Gasteiger partial charge in [0.1, 0.15) is 5.82 Å². The smallest absolute Gasteiger partial charge is 0.363 e. The molecule has 0 radical (unpaired) electrons. The lowest BCUT2D eigenvalue weighted by Crippen LogP contribution is -2.41. The molecule has 9 heteroatoms. The number of nitrogens with zero attached hydrogens (tertiary/aromatic N) is 4. The Bertz CT molecular complexity index is 1110. The molecule has 3 rings (SSSR count). The monoisotopic (exact) mass is 473 g/mol. The van der Waals surface area contributed by atoms with E-state index in [1.165, 1.54) is 12.1 Å². The SMILES string of the molecule is CC[C@H](C)N(Cc1c(-c2ccccc2)nn(C)c1N(C)C)C(=O)Nc1ccc(C(F)(F)F)cc1. The number of urea groups is 1. The molecule has 0 unspecified atom stereocenters. The molecule has 0 fully saturated rings. The highest BCUT2D eigenvalue weighted by atomic mass is 19.4. The van der Waals surface area contributed by atoms with Crippen LogP contribution in [-0.2, 0) is 19.8 Å². The fourth-order valence-corrected chi connectivity index (χ4v) is 3.85. The van der Waals surface area contributed by atoms with E-state index in [4.69, 9.17) is 5.10 Å². The van der Waals surface area contributed by atoms with Gasteiger partial charge in [-0.1, -0.05) is 37.3 Å². The zero-order valence-corrected chi connectivity index (χ0v) is 20.0. The standard InChI is InChI=1S/C25H30F3N5O/c1-6-17(2)33(24(34)29-20-14-12-19(13-15-20)25(26,27)28)16-21-22(18-10-8-7-9-11-18)30-32(5)23(21)31(3)4/h7-15,17H,6,16H2,1-5H3,(H,29,34)/t17-/m0/s1. The van der Waals surface area contributed by atoms with Gasteiger partial charge in [-0.15, -0.1) is 0 Å². The number of aromatic nitrogens is 2.